The second-order valence-corrected chi connectivity index (χ2v) is 4.68. The molecule has 0 spiro atoms. The monoisotopic (exact) mass is 293 g/mol. The van der Waals surface area contributed by atoms with E-state index in [-0.39, 0.29) is 26.4 Å². The molecule has 0 aliphatic carbocycles. The van der Waals surface area contributed by atoms with Gasteiger partial charge in [0.15, 0.2) is 0 Å². The van der Waals surface area contributed by atoms with Crippen LogP contribution in [0.5, 0.6) is 0 Å². The Morgan fingerprint density at radius 1 is 0.550 bits per heavy atom. The molecule has 0 radical (unpaired) electrons. The highest BCUT2D eigenvalue weighted by molar-refractivity contribution is 4.63. The fourth-order valence-corrected chi connectivity index (χ4v) is 2.05. The van der Waals surface area contributed by atoms with Crippen molar-refractivity contribution in [3.8, 4) is 0 Å². The number of hydrogen-bond acceptors (Lipinski definition) is 7. The minimum atomic E-state index is 0.103. The molecule has 0 bridgehead atoms. The lowest BCUT2D eigenvalue weighted by molar-refractivity contribution is 0.147. The topological polar surface area (TPSA) is 99.4 Å². The zero-order chi connectivity index (χ0) is 15.1. The Labute approximate surface area is 121 Å². The molecule has 0 saturated carbocycles. The van der Waals surface area contributed by atoms with Crippen molar-refractivity contribution < 1.29 is 20.4 Å². The minimum absolute atomic E-state index is 0.103. The third-order valence-electron chi connectivity index (χ3n) is 3.09. The van der Waals surface area contributed by atoms with Gasteiger partial charge in [-0.2, -0.15) is 0 Å². The van der Waals surface area contributed by atoms with Crippen LogP contribution in [-0.2, 0) is 0 Å². The van der Waals surface area contributed by atoms with Crippen LogP contribution >= 0.6 is 0 Å². The van der Waals surface area contributed by atoms with Crippen LogP contribution in [0.25, 0.3) is 0 Å². The second kappa shape index (κ2) is 15.1. The van der Waals surface area contributed by atoms with Crippen LogP contribution in [0.3, 0.4) is 0 Å². The third-order valence-corrected chi connectivity index (χ3v) is 3.09. The Morgan fingerprint density at radius 3 is 1.50 bits per heavy atom. The molecule has 7 heteroatoms. The second-order valence-electron chi connectivity index (χ2n) is 4.68. The van der Waals surface area contributed by atoms with E-state index in [0.717, 1.165) is 32.6 Å². The quantitative estimate of drug-likeness (QED) is 0.214. The van der Waals surface area contributed by atoms with Crippen molar-refractivity contribution in [2.45, 2.75) is 6.42 Å². The van der Waals surface area contributed by atoms with Crippen molar-refractivity contribution in [3.05, 3.63) is 0 Å². The zero-order valence-corrected chi connectivity index (χ0v) is 12.4. The fraction of sp³-hybridized carbons (Fsp3) is 1.00. The van der Waals surface area contributed by atoms with Crippen molar-refractivity contribution in [1.82, 2.24) is 15.1 Å². The standard InChI is InChI=1S/C13H31N3O4/c17-10-3-14-2-6-15(7-11-18)4-1-5-16(8-12-19)9-13-20/h14,17-20H,1-13H2. The number of aliphatic hydroxyl groups is 4. The van der Waals surface area contributed by atoms with Gasteiger partial charge in [-0.25, -0.2) is 0 Å². The lowest BCUT2D eigenvalue weighted by atomic mass is 10.3. The molecule has 0 aromatic carbocycles. The maximum absolute atomic E-state index is 9.04. The van der Waals surface area contributed by atoms with Gasteiger partial charge < -0.3 is 25.7 Å². The SMILES string of the molecule is OCCNCCN(CCO)CCCN(CCO)CCO. The first-order valence-electron chi connectivity index (χ1n) is 7.37. The van der Waals surface area contributed by atoms with E-state index in [0.29, 0.717) is 26.2 Å². The molecule has 0 aliphatic heterocycles. The van der Waals surface area contributed by atoms with Crippen molar-refractivity contribution in [2.75, 3.05) is 78.8 Å². The summed E-state index contributed by atoms with van der Waals surface area (Å²) >= 11 is 0. The summed E-state index contributed by atoms with van der Waals surface area (Å²) in [6.07, 6.45) is 0.931. The zero-order valence-electron chi connectivity index (χ0n) is 12.4. The first kappa shape index (κ1) is 19.7. The van der Waals surface area contributed by atoms with E-state index in [2.05, 4.69) is 10.2 Å². The van der Waals surface area contributed by atoms with Gasteiger partial charge in [0.25, 0.3) is 0 Å². The molecule has 7 nitrogen and oxygen atoms in total. The van der Waals surface area contributed by atoms with E-state index in [9.17, 15) is 0 Å². The third kappa shape index (κ3) is 11.5. The molecule has 0 aromatic heterocycles. The summed E-state index contributed by atoms with van der Waals surface area (Å²) in [5.41, 5.74) is 0. The number of nitrogens with one attached hydrogen (secondary N) is 1. The Morgan fingerprint density at radius 2 is 1.05 bits per heavy atom. The summed E-state index contributed by atoms with van der Waals surface area (Å²) in [6, 6.07) is 0. The highest BCUT2D eigenvalue weighted by atomic mass is 16.3. The average molecular weight is 293 g/mol. The van der Waals surface area contributed by atoms with Crippen LogP contribution in [0.1, 0.15) is 6.42 Å². The van der Waals surface area contributed by atoms with Gasteiger partial charge in [0.05, 0.1) is 26.4 Å². The predicted octanol–water partition coefficient (Wildman–Crippen LogP) is -2.46. The van der Waals surface area contributed by atoms with Crippen molar-refractivity contribution in [3.63, 3.8) is 0 Å². The summed E-state index contributed by atoms with van der Waals surface area (Å²) in [5, 5.41) is 38.7. The molecular weight excluding hydrogens is 262 g/mol. The smallest absolute Gasteiger partial charge is 0.0558 e. The molecule has 0 saturated heterocycles. The maximum Gasteiger partial charge on any atom is 0.0558 e. The van der Waals surface area contributed by atoms with Crippen LogP contribution in [0.15, 0.2) is 0 Å². The van der Waals surface area contributed by atoms with Crippen LogP contribution in [0, 0.1) is 0 Å². The Bertz CT molecular complexity index is 192. The Kier molecular flexibility index (Phi) is 14.9. The molecule has 0 aromatic rings. The Hall–Kier alpha value is -0.280. The molecular formula is C13H31N3O4. The van der Waals surface area contributed by atoms with E-state index in [1.807, 2.05) is 4.90 Å². The first-order valence-corrected chi connectivity index (χ1v) is 7.37. The molecule has 0 unspecified atom stereocenters. The van der Waals surface area contributed by atoms with E-state index >= 15 is 0 Å². The summed E-state index contributed by atoms with van der Waals surface area (Å²) < 4.78 is 0. The van der Waals surface area contributed by atoms with Gasteiger partial charge in [-0.15, -0.1) is 0 Å². The fourth-order valence-electron chi connectivity index (χ4n) is 2.05. The number of rotatable bonds is 15. The molecule has 0 fully saturated rings. The maximum atomic E-state index is 9.04. The van der Waals surface area contributed by atoms with Crippen molar-refractivity contribution >= 4 is 0 Å². The van der Waals surface area contributed by atoms with Crippen molar-refractivity contribution in [2.24, 2.45) is 0 Å². The summed E-state index contributed by atoms with van der Waals surface area (Å²) in [7, 11) is 0. The molecule has 0 amide bonds. The molecule has 20 heavy (non-hydrogen) atoms. The molecule has 0 atom stereocenters. The average Bonchev–Trinajstić information content (AvgIpc) is 2.44. The molecule has 5 N–H and O–H groups in total. The minimum Gasteiger partial charge on any atom is -0.395 e. The van der Waals surface area contributed by atoms with Crippen molar-refractivity contribution in [1.29, 1.82) is 0 Å². The predicted molar refractivity (Wildman–Crippen MR) is 78.7 cm³/mol. The molecule has 0 rings (SSSR count). The highest BCUT2D eigenvalue weighted by Crippen LogP contribution is 1.95. The molecule has 0 heterocycles. The van der Waals surface area contributed by atoms with Crippen LogP contribution in [0.4, 0.5) is 0 Å². The number of nitrogens with zero attached hydrogens (tertiary/aromatic N) is 2. The highest BCUT2D eigenvalue weighted by Gasteiger charge is 2.07. The lowest BCUT2D eigenvalue weighted by Gasteiger charge is -2.24. The van der Waals surface area contributed by atoms with E-state index in [1.165, 1.54) is 0 Å². The van der Waals surface area contributed by atoms with Gasteiger partial charge in [0, 0.05) is 39.3 Å². The number of hydrogen-bond donors (Lipinski definition) is 5. The van der Waals surface area contributed by atoms with Gasteiger partial charge in [-0.05, 0) is 19.5 Å². The normalized spacial score (nSPS) is 11.7. The largest absolute Gasteiger partial charge is 0.395 e. The summed E-state index contributed by atoms with van der Waals surface area (Å²) in [5.74, 6) is 0. The first-order chi connectivity index (χ1) is 9.78. The van der Waals surface area contributed by atoms with E-state index in [1.54, 1.807) is 0 Å². The van der Waals surface area contributed by atoms with Crippen LogP contribution in [0.2, 0.25) is 0 Å². The number of aliphatic hydroxyl groups excluding tert-OH is 4. The van der Waals surface area contributed by atoms with Gasteiger partial charge in [-0.3, -0.25) is 9.80 Å². The van der Waals surface area contributed by atoms with Gasteiger partial charge in [0.1, 0.15) is 0 Å². The van der Waals surface area contributed by atoms with E-state index < -0.39 is 0 Å². The molecule has 0 aliphatic rings. The molecule has 122 valence electrons. The van der Waals surface area contributed by atoms with Gasteiger partial charge in [0.2, 0.25) is 0 Å². The lowest BCUT2D eigenvalue weighted by Crippen LogP contribution is -2.37. The van der Waals surface area contributed by atoms with E-state index in [4.69, 9.17) is 20.4 Å². The Balaban J connectivity index is 3.81. The summed E-state index contributed by atoms with van der Waals surface area (Å²) in [6.45, 7) is 6.19. The van der Waals surface area contributed by atoms with Crippen LogP contribution in [-0.4, -0.2) is 109 Å². The van der Waals surface area contributed by atoms with Gasteiger partial charge in [-0.1, -0.05) is 0 Å². The summed E-state index contributed by atoms with van der Waals surface area (Å²) in [4.78, 5) is 4.20. The van der Waals surface area contributed by atoms with Crippen LogP contribution < -0.4 is 5.32 Å². The van der Waals surface area contributed by atoms with Gasteiger partial charge >= 0.3 is 0 Å².